The minimum Gasteiger partial charge on any atom is -0.350 e. The van der Waals surface area contributed by atoms with Crippen LogP contribution in [0.2, 0.25) is 0 Å². The SMILES string of the molecule is CCN(C)C(=O)CN(C)C(=O)CNC(C)C.CN(CC(=O)NCC(=O)N(C)CC(=O)N(C)CC(=O)NCC=O)C(=O)CN(C)C(=O)CNC=O. The van der Waals surface area contributed by atoms with E-state index >= 15 is 0 Å². The Kier molecular flexibility index (Phi) is 24.3. The Morgan fingerprint density at radius 2 is 0.900 bits per heavy atom. The highest BCUT2D eigenvalue weighted by Crippen LogP contribution is 1.94. The molecule has 0 unspecified atom stereocenters. The molecule has 4 N–H and O–H groups in total. The fourth-order valence-corrected chi connectivity index (χ4v) is 3.29. The predicted octanol–water partition coefficient (Wildman–Crippen LogP) is -5.08. The third kappa shape index (κ3) is 21.7. The molecule has 284 valence electrons. The Bertz CT molecular complexity index is 1180. The van der Waals surface area contributed by atoms with E-state index in [1.54, 1.807) is 19.0 Å². The molecule has 0 fully saturated rings. The van der Waals surface area contributed by atoms with Gasteiger partial charge in [-0.25, -0.2) is 0 Å². The van der Waals surface area contributed by atoms with Crippen LogP contribution < -0.4 is 21.3 Å². The summed E-state index contributed by atoms with van der Waals surface area (Å²) in [6.07, 6.45) is 0.858. The summed E-state index contributed by atoms with van der Waals surface area (Å²) in [5.74, 6) is -3.41. The first kappa shape index (κ1) is 47.0. The second kappa shape index (κ2) is 25.8. The van der Waals surface area contributed by atoms with Gasteiger partial charge in [-0.1, -0.05) is 13.8 Å². The molecule has 0 saturated carbocycles. The number of hydrogen-bond donors (Lipinski definition) is 4. The molecule has 0 rings (SSSR count). The van der Waals surface area contributed by atoms with Crippen molar-refractivity contribution in [1.29, 1.82) is 0 Å². The van der Waals surface area contributed by atoms with Crippen molar-refractivity contribution in [1.82, 2.24) is 50.7 Å². The highest BCUT2D eigenvalue weighted by Gasteiger charge is 2.21. The van der Waals surface area contributed by atoms with Gasteiger partial charge in [-0.05, 0) is 6.92 Å². The van der Waals surface area contributed by atoms with Gasteiger partial charge in [0.2, 0.25) is 53.7 Å². The largest absolute Gasteiger partial charge is 0.350 e. The average Bonchev–Trinajstić information content (AvgIpc) is 3.06. The van der Waals surface area contributed by atoms with Crippen molar-refractivity contribution in [2.45, 2.75) is 26.8 Å². The molecule has 9 amide bonds. The number of likely N-dealkylation sites (N-methyl/N-ethyl adjacent to an activating group) is 6. The normalized spacial score (nSPS) is 9.96. The molecule has 0 aliphatic rings. The smallest absolute Gasteiger partial charge is 0.242 e. The van der Waals surface area contributed by atoms with Gasteiger partial charge in [-0.2, -0.15) is 0 Å². The summed E-state index contributed by atoms with van der Waals surface area (Å²) in [6, 6.07) is 0.270. The van der Waals surface area contributed by atoms with Crippen LogP contribution in [0.3, 0.4) is 0 Å². The lowest BCUT2D eigenvalue weighted by Crippen LogP contribution is -2.48. The molecule has 0 saturated heterocycles. The maximum Gasteiger partial charge on any atom is 0.242 e. The quantitative estimate of drug-likeness (QED) is 0.0821. The number of carbonyl (C=O) groups is 10. The Morgan fingerprint density at radius 3 is 1.30 bits per heavy atom. The van der Waals surface area contributed by atoms with E-state index in [0.717, 1.165) is 19.6 Å². The molecule has 0 aliphatic heterocycles. The summed E-state index contributed by atoms with van der Waals surface area (Å²) < 4.78 is 0. The van der Waals surface area contributed by atoms with Gasteiger partial charge in [0, 0.05) is 54.9 Å². The fourth-order valence-electron chi connectivity index (χ4n) is 3.29. The monoisotopic (exact) mass is 714 g/mol. The van der Waals surface area contributed by atoms with Crippen LogP contribution in [-0.4, -0.2) is 203 Å². The van der Waals surface area contributed by atoms with E-state index in [0.29, 0.717) is 19.2 Å². The number of nitrogens with zero attached hydrogens (tertiary/aromatic N) is 6. The van der Waals surface area contributed by atoms with Gasteiger partial charge in [0.1, 0.15) is 6.29 Å². The lowest BCUT2D eigenvalue weighted by atomic mass is 10.3. The second-order valence-corrected chi connectivity index (χ2v) is 11.4. The standard InChI is InChI=1S/C19H31N7O8.C11H23N3O2/c1-23(9-14(29)21-5-6-27)19(34)12-26(4)17(32)8-22-15(30)10-24(2)18(33)11-25(3)16(31)7-20-13-28;1-6-13(4)11(16)8-14(5)10(15)7-12-9(2)3/h6,13H,5,7-12H2,1-4H3,(H,20,28)(H,21,29)(H,22,30);9,12H,6-8H2,1-5H3. The molecule has 0 heterocycles. The van der Waals surface area contributed by atoms with E-state index in [2.05, 4.69) is 21.3 Å². The van der Waals surface area contributed by atoms with Crippen LogP contribution >= 0.6 is 0 Å². The number of amides is 9. The Labute approximate surface area is 293 Å². The molecule has 0 spiro atoms. The molecule has 0 aromatic heterocycles. The van der Waals surface area contributed by atoms with Crippen LogP contribution in [0.1, 0.15) is 20.8 Å². The highest BCUT2D eigenvalue weighted by molar-refractivity contribution is 5.92. The Morgan fingerprint density at radius 1 is 0.520 bits per heavy atom. The van der Waals surface area contributed by atoms with Gasteiger partial charge in [0.15, 0.2) is 0 Å². The predicted molar refractivity (Wildman–Crippen MR) is 181 cm³/mol. The van der Waals surface area contributed by atoms with E-state index < -0.39 is 42.0 Å². The van der Waals surface area contributed by atoms with E-state index in [9.17, 15) is 47.9 Å². The topological polar surface area (TPSA) is 238 Å². The summed E-state index contributed by atoms with van der Waals surface area (Å²) >= 11 is 0. The maximum atomic E-state index is 12.2. The summed E-state index contributed by atoms with van der Waals surface area (Å²) in [5.41, 5.74) is 0. The van der Waals surface area contributed by atoms with Gasteiger partial charge in [0.05, 0.1) is 58.9 Å². The van der Waals surface area contributed by atoms with Crippen molar-refractivity contribution in [3.8, 4) is 0 Å². The second-order valence-electron chi connectivity index (χ2n) is 11.4. The van der Waals surface area contributed by atoms with Gasteiger partial charge in [0.25, 0.3) is 0 Å². The number of aldehydes is 1. The number of carbonyl (C=O) groups excluding carboxylic acids is 10. The molecule has 20 nitrogen and oxygen atoms in total. The van der Waals surface area contributed by atoms with E-state index in [-0.39, 0.29) is 70.2 Å². The van der Waals surface area contributed by atoms with Gasteiger partial charge >= 0.3 is 0 Å². The minimum absolute atomic E-state index is 0.0390. The molecule has 20 heteroatoms. The van der Waals surface area contributed by atoms with Crippen LogP contribution in [-0.2, 0) is 47.9 Å². The average molecular weight is 715 g/mol. The van der Waals surface area contributed by atoms with Crippen molar-refractivity contribution in [2.75, 3.05) is 108 Å². The molecule has 50 heavy (non-hydrogen) atoms. The van der Waals surface area contributed by atoms with Gasteiger partial charge in [-0.15, -0.1) is 0 Å². The van der Waals surface area contributed by atoms with Crippen molar-refractivity contribution in [3.05, 3.63) is 0 Å². The Hall–Kier alpha value is -5.14. The highest BCUT2D eigenvalue weighted by atomic mass is 16.2. The fraction of sp³-hybridized carbons (Fsp3) is 0.667. The Balaban J connectivity index is 0. The van der Waals surface area contributed by atoms with Crippen LogP contribution in [0, 0.1) is 0 Å². The molecule has 0 aromatic carbocycles. The van der Waals surface area contributed by atoms with Crippen LogP contribution in [0.5, 0.6) is 0 Å². The van der Waals surface area contributed by atoms with Crippen molar-refractivity contribution < 1.29 is 47.9 Å². The van der Waals surface area contributed by atoms with Crippen LogP contribution in [0.4, 0.5) is 0 Å². The summed E-state index contributed by atoms with van der Waals surface area (Å²) in [7, 11) is 8.79. The lowest BCUT2D eigenvalue weighted by molar-refractivity contribution is -0.141. The van der Waals surface area contributed by atoms with Crippen LogP contribution in [0.15, 0.2) is 0 Å². The zero-order chi connectivity index (χ0) is 39.0. The van der Waals surface area contributed by atoms with Crippen molar-refractivity contribution in [3.63, 3.8) is 0 Å². The third-order valence-electron chi connectivity index (χ3n) is 6.73. The summed E-state index contributed by atoms with van der Waals surface area (Å²) in [6.45, 7) is 4.74. The molecular weight excluding hydrogens is 660 g/mol. The van der Waals surface area contributed by atoms with Gasteiger partial charge in [-0.3, -0.25) is 43.2 Å². The third-order valence-corrected chi connectivity index (χ3v) is 6.73. The maximum absolute atomic E-state index is 12.2. The number of hydrogen-bond acceptors (Lipinski definition) is 11. The van der Waals surface area contributed by atoms with Crippen LogP contribution in [0.25, 0.3) is 0 Å². The molecule has 0 bridgehead atoms. The molecule has 0 aromatic rings. The zero-order valence-corrected chi connectivity index (χ0v) is 30.6. The van der Waals surface area contributed by atoms with E-state index in [1.165, 1.54) is 33.1 Å². The van der Waals surface area contributed by atoms with E-state index in [1.807, 2.05) is 20.8 Å². The zero-order valence-electron chi connectivity index (χ0n) is 30.6. The molecule has 0 atom stereocenters. The molecule has 0 aliphatic carbocycles. The number of rotatable bonds is 21. The van der Waals surface area contributed by atoms with Gasteiger partial charge < -0.3 is 55.5 Å². The molecule has 0 radical (unpaired) electrons. The molecular formula is C30H54N10O10. The summed E-state index contributed by atoms with van der Waals surface area (Å²) in [5, 5.41) is 9.83. The summed E-state index contributed by atoms with van der Waals surface area (Å²) in [4.78, 5) is 123. The first-order valence-corrected chi connectivity index (χ1v) is 15.6. The van der Waals surface area contributed by atoms with Crippen molar-refractivity contribution >= 4 is 60.0 Å². The first-order chi connectivity index (χ1) is 23.3. The minimum atomic E-state index is -0.635. The van der Waals surface area contributed by atoms with E-state index in [4.69, 9.17) is 0 Å². The first-order valence-electron chi connectivity index (χ1n) is 15.6. The van der Waals surface area contributed by atoms with Crippen molar-refractivity contribution in [2.24, 2.45) is 0 Å². The lowest BCUT2D eigenvalue weighted by Gasteiger charge is -2.23. The number of nitrogens with one attached hydrogen (secondary N) is 4.